The van der Waals surface area contributed by atoms with E-state index in [4.69, 9.17) is 30.5 Å². The smallest absolute Gasteiger partial charge is 0.286 e. The van der Waals surface area contributed by atoms with Crippen molar-refractivity contribution in [2.75, 3.05) is 33.1 Å². The monoisotopic (exact) mass is 1060 g/mol. The lowest BCUT2D eigenvalue weighted by atomic mass is 9.93. The van der Waals surface area contributed by atoms with Gasteiger partial charge in [0.2, 0.25) is 10.5 Å². The zero-order valence-corrected chi connectivity index (χ0v) is 41.0. The molecule has 1 aliphatic heterocycles. The van der Waals surface area contributed by atoms with E-state index in [-0.39, 0.29) is 47.8 Å². The Bertz CT molecular complexity index is 3010. The third kappa shape index (κ3) is 13.3. The fourth-order valence-corrected chi connectivity index (χ4v) is 10.0. The molecule has 5 atom stereocenters. The number of aromatic nitrogens is 4. The Morgan fingerprint density at radius 1 is 0.857 bits per heavy atom. The number of hydrogen-bond acceptors (Lipinski definition) is 18. The molecular weight excluding hydrogens is 1010 g/mol. The Labute approximate surface area is 407 Å². The largest absolute Gasteiger partial charge is 0.488 e. The Kier molecular flexibility index (Phi) is 17.2. The van der Waals surface area contributed by atoms with Crippen LogP contribution in [0.2, 0.25) is 5.02 Å². The van der Waals surface area contributed by atoms with Crippen LogP contribution in [0.3, 0.4) is 0 Å². The second-order valence-electron chi connectivity index (χ2n) is 16.4. The molecule has 0 spiro atoms. The minimum absolute atomic E-state index is 0.0268. The maximum absolute atomic E-state index is 13.4. The number of halogens is 2. The maximum Gasteiger partial charge on any atom is 0.286 e. The lowest BCUT2D eigenvalue weighted by Crippen LogP contribution is -2.56. The summed E-state index contributed by atoms with van der Waals surface area (Å²) in [6.45, 7) is 0.901. The molecule has 380 valence electrons. The van der Waals surface area contributed by atoms with Gasteiger partial charge in [0.25, 0.3) is 20.2 Å². The topological polar surface area (TPSA) is 316 Å². The van der Waals surface area contributed by atoms with Gasteiger partial charge in [-0.2, -0.15) is 16.8 Å². The molecule has 27 heteroatoms. The van der Waals surface area contributed by atoms with Crippen molar-refractivity contribution < 1.29 is 77.8 Å². The Hall–Kier alpha value is -5.39. The molecule has 0 aliphatic carbocycles. The molecule has 1 fully saturated rings. The number of benzene rings is 3. The summed E-state index contributed by atoms with van der Waals surface area (Å²) in [7, 11) is -12.7. The lowest BCUT2D eigenvalue weighted by Gasteiger charge is -2.39. The fourth-order valence-electron chi connectivity index (χ4n) is 7.34. The molecule has 2 aromatic heterocycles. The minimum Gasteiger partial charge on any atom is -0.488 e. The number of nitrogens with zero attached hydrogens (tertiary/aromatic N) is 5. The molecule has 1 aliphatic rings. The van der Waals surface area contributed by atoms with E-state index in [9.17, 15) is 58.9 Å². The molecule has 1 saturated heterocycles. The number of hydrogen-bond donors (Lipinski definition) is 6. The van der Waals surface area contributed by atoms with Gasteiger partial charge in [-0.15, -0.1) is 5.10 Å². The van der Waals surface area contributed by atoms with Crippen molar-refractivity contribution in [3.05, 3.63) is 112 Å². The van der Waals surface area contributed by atoms with Gasteiger partial charge in [0, 0.05) is 42.4 Å². The number of pyridine rings is 1. The molecule has 0 unspecified atom stereocenters. The van der Waals surface area contributed by atoms with Crippen molar-refractivity contribution in [1.82, 2.24) is 30.2 Å². The van der Waals surface area contributed by atoms with Crippen LogP contribution in [0.4, 0.5) is 4.39 Å². The summed E-state index contributed by atoms with van der Waals surface area (Å²) < 4.78 is 125. The Morgan fingerprint density at radius 2 is 1.51 bits per heavy atom. The summed E-state index contributed by atoms with van der Waals surface area (Å²) in [6, 6.07) is 15.6. The summed E-state index contributed by atoms with van der Waals surface area (Å²) in [5.41, 5.74) is 5.26. The highest BCUT2D eigenvalue weighted by molar-refractivity contribution is 8.04. The molecule has 3 aromatic carbocycles. The first-order valence-electron chi connectivity index (χ1n) is 20.9. The number of amides is 1. The highest BCUT2D eigenvalue weighted by Crippen LogP contribution is 2.37. The molecule has 3 heterocycles. The van der Waals surface area contributed by atoms with Crippen molar-refractivity contribution in [2.45, 2.75) is 80.3 Å². The Balaban J connectivity index is 1.18. The van der Waals surface area contributed by atoms with Crippen molar-refractivity contribution >= 4 is 47.6 Å². The molecule has 22 nitrogen and oxygen atoms in total. The van der Waals surface area contributed by atoms with E-state index in [1.165, 1.54) is 48.7 Å². The average Bonchev–Trinajstić information content (AvgIpc) is 3.75. The molecule has 0 bridgehead atoms. The second-order valence-corrected chi connectivity index (χ2v) is 22.3. The van der Waals surface area contributed by atoms with Crippen molar-refractivity contribution in [1.29, 1.82) is 0 Å². The highest BCUT2D eigenvalue weighted by atomic mass is 35.5. The zero-order valence-electron chi connectivity index (χ0n) is 37.8. The van der Waals surface area contributed by atoms with E-state index in [1.54, 1.807) is 6.07 Å². The average molecular weight is 1060 g/mol. The number of carbonyl (C=O) groups is 1. The highest BCUT2D eigenvalue weighted by Gasteiger charge is 2.45. The van der Waals surface area contributed by atoms with Crippen LogP contribution in [0, 0.1) is 13.8 Å². The molecule has 6 rings (SSSR count). The van der Waals surface area contributed by atoms with Gasteiger partial charge in [-0.3, -0.25) is 23.8 Å². The van der Waals surface area contributed by atoms with E-state index >= 15 is 0 Å². The van der Waals surface area contributed by atoms with Gasteiger partial charge >= 0.3 is 0 Å². The van der Waals surface area contributed by atoms with Crippen LogP contribution in [0.25, 0.3) is 11.1 Å². The van der Waals surface area contributed by atoms with Gasteiger partial charge in [0.05, 0.1) is 29.2 Å². The van der Waals surface area contributed by atoms with Crippen LogP contribution in [0.1, 0.15) is 39.7 Å². The number of ether oxygens (including phenoxy) is 4. The van der Waals surface area contributed by atoms with Gasteiger partial charge in [-0.1, -0.05) is 47.1 Å². The first-order chi connectivity index (χ1) is 32.8. The van der Waals surface area contributed by atoms with Crippen LogP contribution in [-0.4, -0.2) is 143 Å². The number of alkyl halides is 1. The van der Waals surface area contributed by atoms with Crippen LogP contribution in [-0.2, 0) is 66.0 Å². The van der Waals surface area contributed by atoms with E-state index in [0.29, 0.717) is 22.6 Å². The third-order valence-electron chi connectivity index (χ3n) is 11.1. The van der Waals surface area contributed by atoms with Crippen LogP contribution < -0.4 is 19.5 Å². The minimum atomic E-state index is -5.29. The van der Waals surface area contributed by atoms with Crippen LogP contribution in [0.5, 0.6) is 17.2 Å². The predicted molar refractivity (Wildman–Crippen MR) is 247 cm³/mol. The van der Waals surface area contributed by atoms with E-state index in [1.807, 2.05) is 44.2 Å². The first kappa shape index (κ1) is 54.0. The number of sulfone groups is 1. The fraction of sp³-hybridized carbons (Fsp3) is 0.395. The van der Waals surface area contributed by atoms with Crippen molar-refractivity contribution in [2.24, 2.45) is 0 Å². The van der Waals surface area contributed by atoms with E-state index in [2.05, 4.69) is 20.6 Å². The number of nitrogens with one attached hydrogen (secondary N) is 1. The molecule has 1 amide bonds. The first-order valence-corrected chi connectivity index (χ1v) is 26.2. The zero-order chi connectivity index (χ0) is 51.3. The van der Waals surface area contributed by atoms with Crippen LogP contribution >= 0.6 is 11.6 Å². The summed E-state index contributed by atoms with van der Waals surface area (Å²) in [5.74, 6) is 0.0577. The normalized spacial score (nSPS) is 18.8. The SMILES string of the molecule is Cc1c(COc2cc(OCc3cncc(S(C)(=O)=O)c3)c(CN(C)CC(=O)NCC(S(=O)(=O)O)S(=O)(=O)O)cc2Cl)cccc1-c1cccc(OCc2cn([C@@H]3O[C@H](CF)[C@@H](O)[C@H](O)[C@H]3O)nn2)c1C. The van der Waals surface area contributed by atoms with Gasteiger partial charge < -0.3 is 39.6 Å². The number of aliphatic hydroxyl groups excluding tert-OH is 3. The Morgan fingerprint density at radius 3 is 2.19 bits per heavy atom. The number of aliphatic hydroxyl groups is 3. The molecule has 0 radical (unpaired) electrons. The van der Waals surface area contributed by atoms with E-state index < -0.39 is 91.0 Å². The summed E-state index contributed by atoms with van der Waals surface area (Å²) in [5, 5.41) is 40.9. The van der Waals surface area contributed by atoms with E-state index in [0.717, 1.165) is 38.8 Å². The molecular formula is C43H50ClFN6O16S3. The number of rotatable bonds is 21. The third-order valence-corrected chi connectivity index (χ3v) is 15.6. The number of carbonyl (C=O) groups excluding carboxylic acids is 1. The van der Waals surface area contributed by atoms with Crippen molar-refractivity contribution in [3.8, 4) is 28.4 Å². The van der Waals surface area contributed by atoms with Gasteiger partial charge in [-0.25, -0.2) is 17.5 Å². The summed E-state index contributed by atoms with van der Waals surface area (Å²) >= 11 is 6.77. The van der Waals surface area contributed by atoms with Crippen molar-refractivity contribution in [3.63, 3.8) is 0 Å². The van der Waals surface area contributed by atoms with Gasteiger partial charge in [0.1, 0.15) is 73.9 Å². The molecule has 0 saturated carbocycles. The molecule has 6 N–H and O–H groups in total. The van der Waals surface area contributed by atoms with Gasteiger partial charge in [-0.05, 0) is 66.9 Å². The molecule has 70 heavy (non-hydrogen) atoms. The predicted octanol–water partition coefficient (Wildman–Crippen LogP) is 2.35. The second kappa shape index (κ2) is 22.4. The maximum atomic E-state index is 13.4. The summed E-state index contributed by atoms with van der Waals surface area (Å²) in [6.07, 6.45) is -2.51. The van der Waals surface area contributed by atoms with Gasteiger partial charge in [0.15, 0.2) is 16.1 Å². The summed E-state index contributed by atoms with van der Waals surface area (Å²) in [4.78, 5) is 18.1. The van der Waals surface area contributed by atoms with Crippen LogP contribution in [0.15, 0.2) is 78.1 Å². The molecule has 5 aromatic rings. The number of likely N-dealkylation sites (N-methyl/N-ethyl adjacent to an activating group) is 1. The lowest BCUT2D eigenvalue weighted by molar-refractivity contribution is -0.250. The quantitative estimate of drug-likeness (QED) is 0.0575. The standard InChI is InChI=1S/C43H50ClFN6O16S3/c1-24-27(7-5-8-31(24)32-9-6-10-34(25(32)2)66-23-29-19-51(49-48-29)43-42(55)41(54)40(53)37(14-45)67-43)22-65-36-13-35(64-21-26-11-30(16-46-15-26)68(4,56)57)28(12-33(36)44)18-50(3)20-38(52)47-17-39(69(58,59)60)70(61,62)63/h5-13,15-16,19,37,39-43,53-55H,14,17-18,20-23H2,1-4H3,(H,47,52)(H,58,59,60)(H,61,62,63)/t37-,40-,41+,42-,43-/m1/s1.